The zero-order valence-electron chi connectivity index (χ0n) is 45.3. The van der Waals surface area contributed by atoms with Gasteiger partial charge in [0.25, 0.3) is 6.71 Å². The van der Waals surface area contributed by atoms with Crippen molar-refractivity contribution in [3.8, 4) is 44.5 Å². The minimum absolute atomic E-state index is 0.0864. The summed E-state index contributed by atoms with van der Waals surface area (Å²) in [4.78, 5) is 4.51. The van der Waals surface area contributed by atoms with Crippen LogP contribution in [-0.4, -0.2) is 14.8 Å². The van der Waals surface area contributed by atoms with Crippen molar-refractivity contribution < 1.29 is 13.7 Å². The van der Waals surface area contributed by atoms with Crippen LogP contribution in [0.25, 0.3) is 44.5 Å². The van der Waals surface area contributed by atoms with Gasteiger partial charge in [-0.2, -0.15) is 0 Å². The number of nitrogens with zero attached hydrogens (tertiary/aromatic N) is 2. The maximum absolute atomic E-state index is 9.44. The van der Waals surface area contributed by atoms with Gasteiger partial charge in [0.1, 0.15) is 8.07 Å². The van der Waals surface area contributed by atoms with Crippen LogP contribution in [0.15, 0.2) is 242 Å². The predicted octanol–water partition coefficient (Wildman–Crippen LogP) is 11.9. The Hall–Kier alpha value is -7.92. The Bertz CT molecular complexity index is 3770. The molecule has 0 unspecified atom stereocenters. The first kappa shape index (κ1) is 28.7. The molecule has 0 radical (unpaired) electrons. The predicted molar refractivity (Wildman–Crippen MR) is 279 cm³/mol. The number of hydrogen-bond acceptors (Lipinski definition) is 2. The van der Waals surface area contributed by atoms with E-state index in [4.69, 9.17) is 8.22 Å². The number of anilines is 6. The summed E-state index contributed by atoms with van der Waals surface area (Å²) in [5.74, 6) is 0. The van der Waals surface area contributed by atoms with Crippen LogP contribution >= 0.6 is 0 Å². The molecule has 3 heterocycles. The van der Waals surface area contributed by atoms with Crippen LogP contribution in [0, 0.1) is 0 Å². The highest BCUT2D eigenvalue weighted by atomic mass is 28.3. The van der Waals surface area contributed by atoms with Gasteiger partial charge in [-0.25, -0.2) is 0 Å². The number of benzene rings is 10. The fraction of sp³-hybridized carbons (Fsp3) is 0.0164. The lowest BCUT2D eigenvalue weighted by Gasteiger charge is -2.51. The lowest BCUT2D eigenvalue weighted by atomic mass is 9.33. The van der Waals surface area contributed by atoms with Crippen molar-refractivity contribution >= 4 is 80.9 Å². The van der Waals surface area contributed by atoms with Gasteiger partial charge >= 0.3 is 0 Å². The molecule has 0 amide bonds. The summed E-state index contributed by atoms with van der Waals surface area (Å²) in [7, 11) is -3.00. The number of para-hydroxylation sites is 2. The molecule has 4 heteroatoms. The highest BCUT2D eigenvalue weighted by Gasteiger charge is 2.54. The Morgan fingerprint density at radius 1 is 0.354 bits per heavy atom. The van der Waals surface area contributed by atoms with Crippen molar-refractivity contribution in [2.45, 2.75) is 6.55 Å². The molecule has 65 heavy (non-hydrogen) atoms. The van der Waals surface area contributed by atoms with E-state index in [0.29, 0.717) is 22.5 Å². The average Bonchev–Trinajstić information content (AvgIpc) is 3.54. The van der Waals surface area contributed by atoms with E-state index in [2.05, 4.69) is 89.1 Å². The molecule has 0 spiro atoms. The first-order valence-corrected chi connectivity index (χ1v) is 24.4. The topological polar surface area (TPSA) is 6.48 Å². The van der Waals surface area contributed by atoms with E-state index in [0.717, 1.165) is 61.4 Å². The van der Waals surface area contributed by atoms with Gasteiger partial charge in [-0.3, -0.25) is 0 Å². The van der Waals surface area contributed by atoms with Gasteiger partial charge in [0, 0.05) is 45.0 Å². The van der Waals surface area contributed by atoms with Crippen molar-refractivity contribution in [2.24, 2.45) is 0 Å². The SMILES string of the molecule is [2H]c1c([2H])c([2H])c(-c2cccc(-c3ccccc3)c2N2c3cccc4c3B3c5c2cccc5[Si](C)(c2ccccc2)c2cccc(c23)N4c2c(-c3ccccc3)cccc2-c2c([2H])c([2H])c([2H])c([2H])c2[2H])c([2H])c1[2H]. The van der Waals surface area contributed by atoms with Crippen molar-refractivity contribution in [2.75, 3.05) is 9.80 Å². The van der Waals surface area contributed by atoms with Crippen LogP contribution in [-0.2, 0) is 0 Å². The highest BCUT2D eigenvalue weighted by molar-refractivity contribution is 7.21. The van der Waals surface area contributed by atoms with Gasteiger partial charge in [0.2, 0.25) is 0 Å². The smallest absolute Gasteiger partial charge is 0.251 e. The second kappa shape index (κ2) is 14.8. The molecule has 2 nitrogen and oxygen atoms in total. The third-order valence-electron chi connectivity index (χ3n) is 13.7. The third-order valence-corrected chi connectivity index (χ3v) is 18.2. The summed E-state index contributed by atoms with van der Waals surface area (Å²) < 4.78 is 90.7. The average molecular weight is 853 g/mol. The summed E-state index contributed by atoms with van der Waals surface area (Å²) in [5.41, 5.74) is 12.4. The molecular weight excluding hydrogens is 800 g/mol. The van der Waals surface area contributed by atoms with E-state index in [1.165, 1.54) is 15.6 Å². The van der Waals surface area contributed by atoms with Gasteiger partial charge in [0.15, 0.2) is 0 Å². The first-order chi connectivity index (χ1) is 36.3. The minimum Gasteiger partial charge on any atom is -0.310 e. The summed E-state index contributed by atoms with van der Waals surface area (Å²) >= 11 is 0. The quantitative estimate of drug-likeness (QED) is 0.147. The molecule has 0 N–H and O–H groups in total. The zero-order chi connectivity index (χ0) is 51.8. The monoisotopic (exact) mass is 852 g/mol. The second-order valence-corrected chi connectivity index (χ2v) is 20.8. The molecule has 13 rings (SSSR count). The van der Waals surface area contributed by atoms with Crippen LogP contribution in [0.1, 0.15) is 13.7 Å². The van der Waals surface area contributed by atoms with Gasteiger partial charge < -0.3 is 9.80 Å². The molecule has 0 atom stereocenters. The van der Waals surface area contributed by atoms with Crippen LogP contribution in [0.3, 0.4) is 0 Å². The van der Waals surface area contributed by atoms with Gasteiger partial charge in [-0.15, -0.1) is 0 Å². The Morgan fingerprint density at radius 3 is 1.14 bits per heavy atom. The summed E-state index contributed by atoms with van der Waals surface area (Å²) in [5, 5.41) is 3.67. The van der Waals surface area contributed by atoms with Crippen LogP contribution in [0.5, 0.6) is 0 Å². The van der Waals surface area contributed by atoms with E-state index in [1.807, 2.05) is 109 Å². The molecule has 10 aromatic carbocycles. The summed E-state index contributed by atoms with van der Waals surface area (Å²) in [6.07, 6.45) is 0. The van der Waals surface area contributed by atoms with Crippen LogP contribution in [0.2, 0.25) is 6.55 Å². The lowest BCUT2D eigenvalue weighted by molar-refractivity contribution is 1.25. The molecule has 0 aromatic heterocycles. The van der Waals surface area contributed by atoms with Crippen molar-refractivity contribution in [1.29, 1.82) is 0 Å². The molecule has 0 aliphatic carbocycles. The number of rotatable bonds is 7. The maximum atomic E-state index is 9.44. The van der Waals surface area contributed by atoms with E-state index in [1.54, 1.807) is 0 Å². The van der Waals surface area contributed by atoms with Gasteiger partial charge in [0.05, 0.1) is 25.1 Å². The third kappa shape index (κ3) is 5.54. The molecule has 3 aliphatic rings. The van der Waals surface area contributed by atoms with E-state index >= 15 is 0 Å². The largest absolute Gasteiger partial charge is 0.310 e. The first-order valence-electron chi connectivity index (χ1n) is 26.9. The Kier molecular flexibility index (Phi) is 6.55. The molecule has 0 bridgehead atoms. The second-order valence-electron chi connectivity index (χ2n) is 16.9. The molecule has 3 aliphatic heterocycles. The van der Waals surface area contributed by atoms with Crippen molar-refractivity contribution in [3.63, 3.8) is 0 Å². The fourth-order valence-corrected chi connectivity index (χ4v) is 15.3. The normalized spacial score (nSPS) is 15.8. The molecule has 304 valence electrons. The Balaban J connectivity index is 1.22. The fourth-order valence-electron chi connectivity index (χ4n) is 11.0. The van der Waals surface area contributed by atoms with Crippen LogP contribution < -0.4 is 41.7 Å². The lowest BCUT2D eigenvalue weighted by Crippen LogP contribution is -2.83. The zero-order valence-corrected chi connectivity index (χ0v) is 36.3. The number of hydrogen-bond donors (Lipinski definition) is 0. The Labute approximate surface area is 396 Å². The van der Waals surface area contributed by atoms with Gasteiger partial charge in [-0.1, -0.05) is 235 Å². The highest BCUT2D eigenvalue weighted by Crippen LogP contribution is 2.52. The van der Waals surface area contributed by atoms with E-state index in [-0.39, 0.29) is 42.0 Å². The Morgan fingerprint density at radius 2 is 0.708 bits per heavy atom. The van der Waals surface area contributed by atoms with E-state index < -0.39 is 44.3 Å². The van der Waals surface area contributed by atoms with Crippen molar-refractivity contribution in [3.05, 3.63) is 242 Å². The molecule has 10 aromatic rings. The molecular formula is C61H43BN2Si. The maximum Gasteiger partial charge on any atom is 0.251 e. The molecule has 0 fully saturated rings. The van der Waals surface area contributed by atoms with Gasteiger partial charge in [-0.05, 0) is 68.1 Å². The van der Waals surface area contributed by atoms with Crippen molar-refractivity contribution in [1.82, 2.24) is 0 Å². The molecule has 0 saturated carbocycles. The van der Waals surface area contributed by atoms with E-state index in [9.17, 15) is 5.48 Å². The van der Waals surface area contributed by atoms with Crippen LogP contribution in [0.4, 0.5) is 34.1 Å². The molecule has 0 saturated heterocycles. The summed E-state index contributed by atoms with van der Waals surface area (Å²) in [6, 6.07) is 57.7. The standard InChI is InChI=1S/C61H43BN2Si/c1-65(46-30-15-6-16-31-46)55-40-20-38-53-58(55)62-57-51(63(53)60-47(42-22-7-2-8-23-42)32-17-33-48(60)43-24-9-3-10-25-43)36-19-37-52(57)64(54-39-21-41-56(65)59(54)62)61-49(44-26-11-4-12-27-44)34-18-35-50(61)45-28-13-5-14-29-45/h2-41H,1H3/i2D,4D,7D,8D,11D,12D,22D,23D,26D,27D. The minimum atomic E-state index is -3.00. The summed E-state index contributed by atoms with van der Waals surface area (Å²) in [6.45, 7) is 2.10.